The van der Waals surface area contributed by atoms with Crippen LogP contribution < -0.4 is 5.32 Å². The second kappa shape index (κ2) is 6.96. The lowest BCUT2D eigenvalue weighted by Gasteiger charge is -2.06. The van der Waals surface area contributed by atoms with Crippen molar-refractivity contribution in [2.24, 2.45) is 0 Å². The molecule has 4 heteroatoms. The molecule has 0 saturated carbocycles. The van der Waals surface area contributed by atoms with Gasteiger partial charge in [0.1, 0.15) is 5.82 Å². The van der Waals surface area contributed by atoms with Crippen molar-refractivity contribution in [3.63, 3.8) is 0 Å². The van der Waals surface area contributed by atoms with E-state index in [0.29, 0.717) is 0 Å². The second-order valence-electron chi connectivity index (χ2n) is 3.26. The fraction of sp³-hybridized carbons (Fsp3) is 0.455. The summed E-state index contributed by atoms with van der Waals surface area (Å²) in [6, 6.07) is 4.79. The van der Waals surface area contributed by atoms with Gasteiger partial charge >= 0.3 is 0 Å². The molecule has 0 spiro atoms. The molecule has 1 aromatic carbocycles. The summed E-state index contributed by atoms with van der Waals surface area (Å²) in [4.78, 5) is 0. The Labute approximate surface area is 99.4 Å². The minimum atomic E-state index is -0.370. The first-order valence-corrected chi connectivity index (χ1v) is 6.69. The number of hydrogen-bond acceptors (Lipinski definition) is 2. The molecular formula is C11H15ClFNS. The van der Waals surface area contributed by atoms with E-state index >= 15 is 0 Å². The molecule has 0 amide bonds. The van der Waals surface area contributed by atoms with Gasteiger partial charge in [-0.15, -0.1) is 0 Å². The normalized spacial score (nSPS) is 10.3. The van der Waals surface area contributed by atoms with E-state index in [1.54, 1.807) is 12.1 Å². The highest BCUT2D eigenvalue weighted by molar-refractivity contribution is 7.98. The lowest BCUT2D eigenvalue weighted by Crippen LogP contribution is -2.02. The molecule has 15 heavy (non-hydrogen) atoms. The van der Waals surface area contributed by atoms with Crippen LogP contribution in [0.25, 0.3) is 0 Å². The zero-order valence-electron chi connectivity index (χ0n) is 8.72. The number of thioether (sulfide) groups is 1. The van der Waals surface area contributed by atoms with E-state index in [-0.39, 0.29) is 10.8 Å². The standard InChI is InChI=1S/C11H15ClFNS/c1-15-7-3-2-6-14-9-4-5-10(12)11(13)8-9/h4-5,8,14H,2-3,6-7H2,1H3. The van der Waals surface area contributed by atoms with E-state index in [0.717, 1.165) is 18.7 Å². The van der Waals surface area contributed by atoms with Crippen LogP contribution in [0.1, 0.15) is 12.8 Å². The number of halogens is 2. The van der Waals surface area contributed by atoms with Crippen LogP contribution >= 0.6 is 23.4 Å². The molecule has 0 aliphatic carbocycles. The molecule has 0 saturated heterocycles. The molecule has 0 heterocycles. The van der Waals surface area contributed by atoms with Crippen LogP contribution in [-0.4, -0.2) is 18.6 Å². The Morgan fingerprint density at radius 1 is 1.40 bits per heavy atom. The van der Waals surface area contributed by atoms with Gasteiger partial charge in [-0.25, -0.2) is 4.39 Å². The average molecular weight is 248 g/mol. The Hall–Kier alpha value is -0.410. The fourth-order valence-electron chi connectivity index (χ4n) is 1.21. The zero-order chi connectivity index (χ0) is 11.1. The third-order valence-corrected chi connectivity index (χ3v) is 3.03. The van der Waals surface area contributed by atoms with Crippen LogP contribution in [0.5, 0.6) is 0 Å². The molecule has 1 aromatic rings. The molecule has 84 valence electrons. The smallest absolute Gasteiger partial charge is 0.143 e. The molecule has 0 aliphatic heterocycles. The Balaban J connectivity index is 2.28. The van der Waals surface area contributed by atoms with E-state index in [4.69, 9.17) is 11.6 Å². The van der Waals surface area contributed by atoms with E-state index in [2.05, 4.69) is 11.6 Å². The molecule has 0 radical (unpaired) electrons. The fourth-order valence-corrected chi connectivity index (χ4v) is 1.82. The first-order valence-electron chi connectivity index (χ1n) is 4.92. The molecule has 0 fully saturated rings. The zero-order valence-corrected chi connectivity index (χ0v) is 10.3. The highest BCUT2D eigenvalue weighted by Crippen LogP contribution is 2.18. The summed E-state index contributed by atoms with van der Waals surface area (Å²) in [7, 11) is 0. The van der Waals surface area contributed by atoms with Crippen LogP contribution in [0.15, 0.2) is 18.2 Å². The van der Waals surface area contributed by atoms with Crippen molar-refractivity contribution < 1.29 is 4.39 Å². The molecule has 1 rings (SSSR count). The van der Waals surface area contributed by atoms with Gasteiger partial charge < -0.3 is 5.32 Å². The quantitative estimate of drug-likeness (QED) is 0.762. The second-order valence-corrected chi connectivity index (χ2v) is 4.65. The minimum Gasteiger partial charge on any atom is -0.385 e. The maximum atomic E-state index is 13.0. The maximum absolute atomic E-state index is 13.0. The van der Waals surface area contributed by atoms with Crippen molar-refractivity contribution >= 4 is 29.1 Å². The summed E-state index contributed by atoms with van der Waals surface area (Å²) < 4.78 is 13.0. The van der Waals surface area contributed by atoms with Gasteiger partial charge in [0.25, 0.3) is 0 Å². The monoisotopic (exact) mass is 247 g/mol. The van der Waals surface area contributed by atoms with Gasteiger partial charge in [-0.2, -0.15) is 11.8 Å². The summed E-state index contributed by atoms with van der Waals surface area (Å²) in [5.41, 5.74) is 0.793. The molecule has 1 N–H and O–H groups in total. The van der Waals surface area contributed by atoms with Gasteiger partial charge in [-0.3, -0.25) is 0 Å². The molecule has 0 atom stereocenters. The van der Waals surface area contributed by atoms with Crippen LogP contribution in [0, 0.1) is 5.82 Å². The van der Waals surface area contributed by atoms with Crippen molar-refractivity contribution in [3.8, 4) is 0 Å². The largest absolute Gasteiger partial charge is 0.385 e. The van der Waals surface area contributed by atoms with Crippen LogP contribution in [-0.2, 0) is 0 Å². The van der Waals surface area contributed by atoms with Gasteiger partial charge in [0.05, 0.1) is 5.02 Å². The lowest BCUT2D eigenvalue weighted by molar-refractivity contribution is 0.628. The molecule has 1 nitrogen and oxygen atoms in total. The number of nitrogens with one attached hydrogen (secondary N) is 1. The van der Waals surface area contributed by atoms with Gasteiger partial charge in [-0.1, -0.05) is 11.6 Å². The molecule has 0 bridgehead atoms. The first kappa shape index (κ1) is 12.7. The van der Waals surface area contributed by atoms with Crippen molar-refractivity contribution in [2.75, 3.05) is 23.9 Å². The predicted molar refractivity (Wildman–Crippen MR) is 67.5 cm³/mol. The van der Waals surface area contributed by atoms with Crippen LogP contribution in [0.2, 0.25) is 5.02 Å². The van der Waals surface area contributed by atoms with Gasteiger partial charge in [-0.05, 0) is 43.0 Å². The summed E-state index contributed by atoms with van der Waals surface area (Å²) in [6.07, 6.45) is 4.39. The Morgan fingerprint density at radius 3 is 2.87 bits per heavy atom. The maximum Gasteiger partial charge on any atom is 0.143 e. The van der Waals surface area contributed by atoms with Gasteiger partial charge in [0, 0.05) is 12.2 Å². The van der Waals surface area contributed by atoms with E-state index in [1.165, 1.54) is 18.2 Å². The first-order chi connectivity index (χ1) is 7.24. The number of hydrogen-bond donors (Lipinski definition) is 1. The van der Waals surface area contributed by atoms with E-state index in [9.17, 15) is 4.39 Å². The Morgan fingerprint density at radius 2 is 2.20 bits per heavy atom. The number of rotatable bonds is 6. The molecular weight excluding hydrogens is 233 g/mol. The number of benzene rings is 1. The predicted octanol–water partition coefficient (Wildman–Crippen LogP) is 4.03. The van der Waals surface area contributed by atoms with Gasteiger partial charge in [0.15, 0.2) is 0 Å². The minimum absolute atomic E-state index is 0.169. The topological polar surface area (TPSA) is 12.0 Å². The van der Waals surface area contributed by atoms with Crippen molar-refractivity contribution in [2.45, 2.75) is 12.8 Å². The number of anilines is 1. The highest BCUT2D eigenvalue weighted by atomic mass is 35.5. The third-order valence-electron chi connectivity index (χ3n) is 2.02. The molecule has 0 aromatic heterocycles. The molecule has 0 unspecified atom stereocenters. The Kier molecular flexibility index (Phi) is 5.88. The summed E-state index contributed by atoms with van der Waals surface area (Å²) in [5, 5.41) is 3.33. The summed E-state index contributed by atoms with van der Waals surface area (Å²) in [5.74, 6) is 0.808. The van der Waals surface area contributed by atoms with Gasteiger partial charge in [0.2, 0.25) is 0 Å². The summed E-state index contributed by atoms with van der Waals surface area (Å²) in [6.45, 7) is 0.877. The highest BCUT2D eigenvalue weighted by Gasteiger charge is 1.99. The SMILES string of the molecule is CSCCCCNc1ccc(Cl)c(F)c1. The molecule has 0 aliphatic rings. The van der Waals surface area contributed by atoms with Crippen LogP contribution in [0.3, 0.4) is 0 Å². The van der Waals surface area contributed by atoms with E-state index in [1.807, 2.05) is 11.8 Å². The lowest BCUT2D eigenvalue weighted by atomic mass is 10.3. The van der Waals surface area contributed by atoms with E-state index < -0.39 is 0 Å². The summed E-state index contributed by atoms with van der Waals surface area (Å²) >= 11 is 7.42. The van der Waals surface area contributed by atoms with Crippen molar-refractivity contribution in [1.29, 1.82) is 0 Å². The van der Waals surface area contributed by atoms with Crippen molar-refractivity contribution in [3.05, 3.63) is 29.0 Å². The number of unbranched alkanes of at least 4 members (excludes halogenated alkanes) is 1. The Bertz CT molecular complexity index is 307. The third kappa shape index (κ3) is 4.76. The van der Waals surface area contributed by atoms with Crippen molar-refractivity contribution in [1.82, 2.24) is 0 Å². The average Bonchev–Trinajstić information content (AvgIpc) is 2.23. The van der Waals surface area contributed by atoms with Crippen LogP contribution in [0.4, 0.5) is 10.1 Å².